The van der Waals surface area contributed by atoms with Gasteiger partial charge in [0.2, 0.25) is 0 Å². The van der Waals surface area contributed by atoms with Crippen LogP contribution in [0.4, 0.5) is 18.9 Å². The van der Waals surface area contributed by atoms with Gasteiger partial charge in [0.1, 0.15) is 0 Å². The third-order valence-corrected chi connectivity index (χ3v) is 4.67. The molecule has 0 aromatic heterocycles. The number of halogens is 4. The lowest BCUT2D eigenvalue weighted by Crippen LogP contribution is -2.18. The maximum absolute atomic E-state index is 12.8. The minimum atomic E-state index is -4.31. The van der Waals surface area contributed by atoms with Gasteiger partial charge in [-0.2, -0.15) is 13.2 Å². The number of hydrogen-bond acceptors (Lipinski definition) is 1. The summed E-state index contributed by atoms with van der Waals surface area (Å²) in [5, 5.41) is 3.16. The number of fused-ring (bicyclic) bond motifs is 2. The molecule has 2 aliphatic rings. The van der Waals surface area contributed by atoms with Crippen molar-refractivity contribution in [3.05, 3.63) is 40.4 Å². The van der Waals surface area contributed by atoms with Crippen LogP contribution in [0.3, 0.4) is 0 Å². The second-order valence-corrected chi connectivity index (χ2v) is 6.56. The lowest BCUT2D eigenvalue weighted by Gasteiger charge is -2.20. The molecule has 3 atom stereocenters. The molecule has 1 aromatic rings. The van der Waals surface area contributed by atoms with Crippen LogP contribution < -0.4 is 5.32 Å². The molecule has 5 heteroatoms. The predicted molar refractivity (Wildman–Crippen MR) is 76.5 cm³/mol. The summed E-state index contributed by atoms with van der Waals surface area (Å²) >= 11 is 3.14. The number of allylic oxidation sites excluding steroid dienone is 2. The zero-order valence-corrected chi connectivity index (χ0v) is 12.3. The minimum Gasteiger partial charge on any atom is -0.385 e. The minimum absolute atomic E-state index is 0.447. The molecule has 1 nitrogen and oxygen atoms in total. The average Bonchev–Trinajstić information content (AvgIpc) is 2.96. The standard InChI is InChI=1S/C15H15BrF3N/c16-13-5-12(15(17,18)19)6-14(7-13)20-8-11-4-9-1-2-10(11)3-9/h1-2,5-7,9-11,20H,3-4,8H2. The van der Waals surface area contributed by atoms with Gasteiger partial charge in [0, 0.05) is 16.7 Å². The molecule has 2 bridgehead atoms. The Morgan fingerprint density at radius 3 is 2.55 bits per heavy atom. The number of hydrogen-bond donors (Lipinski definition) is 1. The van der Waals surface area contributed by atoms with E-state index in [-0.39, 0.29) is 0 Å². The van der Waals surface area contributed by atoms with Crippen LogP contribution in [-0.4, -0.2) is 6.54 Å². The molecule has 3 rings (SSSR count). The van der Waals surface area contributed by atoms with Crippen molar-refractivity contribution in [1.82, 2.24) is 0 Å². The summed E-state index contributed by atoms with van der Waals surface area (Å²) in [5.41, 5.74) is -0.0966. The Balaban J connectivity index is 1.68. The summed E-state index contributed by atoms with van der Waals surface area (Å²) in [6.45, 7) is 0.735. The van der Waals surface area contributed by atoms with Crippen LogP contribution in [0.15, 0.2) is 34.8 Å². The Bertz CT molecular complexity index is 538. The summed E-state index contributed by atoms with van der Waals surface area (Å²) in [5.74, 6) is 1.82. The number of alkyl halides is 3. The summed E-state index contributed by atoms with van der Waals surface area (Å²) in [4.78, 5) is 0. The van der Waals surface area contributed by atoms with Crippen molar-refractivity contribution in [2.45, 2.75) is 19.0 Å². The molecule has 1 N–H and O–H groups in total. The SMILES string of the molecule is FC(F)(F)c1cc(Br)cc(NCC2CC3C=CC2C3)c1. The Labute approximate surface area is 124 Å². The zero-order chi connectivity index (χ0) is 14.3. The summed E-state index contributed by atoms with van der Waals surface area (Å²) in [6.07, 6.45) is 2.56. The average molecular weight is 346 g/mol. The van der Waals surface area contributed by atoms with E-state index < -0.39 is 11.7 Å². The molecular weight excluding hydrogens is 331 g/mol. The first-order chi connectivity index (χ1) is 9.41. The molecule has 3 unspecified atom stereocenters. The normalized spacial score (nSPS) is 28.1. The van der Waals surface area contributed by atoms with Crippen molar-refractivity contribution in [2.24, 2.45) is 17.8 Å². The number of nitrogens with one attached hydrogen (secondary N) is 1. The van der Waals surface area contributed by atoms with E-state index in [2.05, 4.69) is 33.4 Å². The van der Waals surface area contributed by atoms with Crippen molar-refractivity contribution >= 4 is 21.6 Å². The van der Waals surface area contributed by atoms with Crippen LogP contribution in [-0.2, 0) is 6.18 Å². The van der Waals surface area contributed by atoms with Crippen molar-refractivity contribution in [3.63, 3.8) is 0 Å². The molecule has 1 saturated carbocycles. The van der Waals surface area contributed by atoms with E-state index in [1.807, 2.05) is 0 Å². The fourth-order valence-corrected chi connectivity index (χ4v) is 3.73. The van der Waals surface area contributed by atoms with E-state index in [1.165, 1.54) is 12.5 Å². The van der Waals surface area contributed by atoms with Gasteiger partial charge >= 0.3 is 6.18 Å². The van der Waals surface area contributed by atoms with Crippen molar-refractivity contribution in [3.8, 4) is 0 Å². The monoisotopic (exact) mass is 345 g/mol. The summed E-state index contributed by atoms with van der Waals surface area (Å²) in [6, 6.07) is 3.97. The van der Waals surface area contributed by atoms with Gasteiger partial charge < -0.3 is 5.32 Å². The maximum atomic E-state index is 12.8. The number of benzene rings is 1. The quantitative estimate of drug-likeness (QED) is 0.752. The van der Waals surface area contributed by atoms with Gasteiger partial charge in [0.25, 0.3) is 0 Å². The largest absolute Gasteiger partial charge is 0.416 e. The molecule has 0 amide bonds. The molecule has 0 radical (unpaired) electrons. The van der Waals surface area contributed by atoms with Crippen molar-refractivity contribution in [2.75, 3.05) is 11.9 Å². The second-order valence-electron chi connectivity index (χ2n) is 5.65. The zero-order valence-electron chi connectivity index (χ0n) is 10.8. The Kier molecular flexibility index (Phi) is 3.56. The van der Waals surface area contributed by atoms with Gasteiger partial charge in [0.05, 0.1) is 5.56 Å². The summed E-state index contributed by atoms with van der Waals surface area (Å²) in [7, 11) is 0. The van der Waals surface area contributed by atoms with Crippen LogP contribution in [0.1, 0.15) is 18.4 Å². The van der Waals surface area contributed by atoms with Crippen molar-refractivity contribution in [1.29, 1.82) is 0 Å². The molecule has 1 aromatic carbocycles. The van der Waals surface area contributed by atoms with Crippen LogP contribution in [0.2, 0.25) is 0 Å². The lowest BCUT2D eigenvalue weighted by atomic mass is 9.93. The molecule has 0 spiro atoms. The van der Waals surface area contributed by atoms with Gasteiger partial charge in [-0.15, -0.1) is 0 Å². The van der Waals surface area contributed by atoms with Gasteiger partial charge in [0.15, 0.2) is 0 Å². The number of anilines is 1. The smallest absolute Gasteiger partial charge is 0.385 e. The van der Waals surface area contributed by atoms with Crippen LogP contribution in [0, 0.1) is 17.8 Å². The van der Waals surface area contributed by atoms with E-state index in [9.17, 15) is 13.2 Å². The second kappa shape index (κ2) is 5.10. The highest BCUT2D eigenvalue weighted by molar-refractivity contribution is 9.10. The third kappa shape index (κ3) is 2.87. The first-order valence-corrected chi connectivity index (χ1v) is 7.51. The molecule has 0 heterocycles. The maximum Gasteiger partial charge on any atom is 0.416 e. The Morgan fingerprint density at radius 2 is 1.95 bits per heavy atom. The molecule has 1 fully saturated rings. The van der Waals surface area contributed by atoms with E-state index >= 15 is 0 Å². The Morgan fingerprint density at radius 1 is 1.15 bits per heavy atom. The highest BCUT2D eigenvalue weighted by atomic mass is 79.9. The molecule has 0 saturated heterocycles. The highest BCUT2D eigenvalue weighted by Crippen LogP contribution is 2.43. The molecule has 0 aliphatic heterocycles. The van der Waals surface area contributed by atoms with Crippen LogP contribution in [0.5, 0.6) is 0 Å². The van der Waals surface area contributed by atoms with Crippen molar-refractivity contribution < 1.29 is 13.2 Å². The van der Waals surface area contributed by atoms with E-state index in [1.54, 1.807) is 6.07 Å². The fraction of sp³-hybridized carbons (Fsp3) is 0.467. The van der Waals surface area contributed by atoms with E-state index in [0.717, 1.165) is 19.0 Å². The topological polar surface area (TPSA) is 12.0 Å². The van der Waals surface area contributed by atoms with E-state index in [4.69, 9.17) is 0 Å². The number of rotatable bonds is 3. The molecule has 20 heavy (non-hydrogen) atoms. The highest BCUT2D eigenvalue weighted by Gasteiger charge is 2.35. The third-order valence-electron chi connectivity index (χ3n) is 4.21. The lowest BCUT2D eigenvalue weighted by molar-refractivity contribution is -0.137. The van der Waals surface area contributed by atoms with Gasteiger partial charge in [-0.05, 0) is 48.8 Å². The first-order valence-electron chi connectivity index (χ1n) is 6.72. The molecular formula is C15H15BrF3N. The predicted octanol–water partition coefficient (Wildman–Crippen LogP) is 5.09. The van der Waals surface area contributed by atoms with Crippen LogP contribution >= 0.6 is 15.9 Å². The summed E-state index contributed by atoms with van der Waals surface area (Å²) < 4.78 is 38.7. The van der Waals surface area contributed by atoms with Gasteiger partial charge in [-0.1, -0.05) is 28.1 Å². The van der Waals surface area contributed by atoms with Gasteiger partial charge in [-0.25, -0.2) is 0 Å². The molecule has 2 aliphatic carbocycles. The fourth-order valence-electron chi connectivity index (χ4n) is 3.23. The van der Waals surface area contributed by atoms with Crippen LogP contribution in [0.25, 0.3) is 0 Å². The first kappa shape index (κ1) is 14.0. The Hall–Kier alpha value is -0.970. The van der Waals surface area contributed by atoms with E-state index in [0.29, 0.717) is 27.9 Å². The van der Waals surface area contributed by atoms with Gasteiger partial charge in [-0.3, -0.25) is 0 Å². The molecule has 108 valence electrons.